The van der Waals surface area contributed by atoms with E-state index in [2.05, 4.69) is 152 Å². The van der Waals surface area contributed by atoms with Gasteiger partial charge in [-0.1, -0.05) is 176 Å². The van der Waals surface area contributed by atoms with Crippen LogP contribution in [0.3, 0.4) is 0 Å². The number of alkyl halides is 3. The molecule has 0 aliphatic rings. The Morgan fingerprint density at radius 1 is 0.483 bits per heavy atom. The number of halogens is 6. The molecule has 0 saturated heterocycles. The largest absolute Gasteiger partial charge is 0.481 e. The average Bonchev–Trinajstić information content (AvgIpc) is 1.61. The molecule has 1 aromatic heterocycles. The standard InChI is InChI=1S/C21H29F3N4O3S.C19H30N2O5.C19H28N2O5.C14H21BrN2O3.C8H19NO.C6H3BrFNO2.C5H8O2.C4H8O2.5CH4/c1-12(2)10-28(11-14(4)31-5)17-7-6-15(13(3)8-18(29)30)9-16(17)25-20-26-19(27-32-20)21(22,23)24;2*1-13(2)11-20(12-15(4)25-5)17-8-7-16(10-18(17)21(23)24)14(3)9-19(22)26-6;1-10(2)8-16(9-11(3)20-4)13-6-5-12(15)7-14(13)17(18)19;1-7(2)5-9-6-8(3)10-4;7-4-1-2-5(8)6(3-4)9(10)11;1-3-4-5(6)7-2;1-3-6-4(2)5;;;;;/h6-7,9,12-14H,8,10-11H2,1-5H3,(H,29,30)(H,25,26,27);7-8,10,13-15H,9,11-12H2,1-6H3;7-10,13,15H,11-12H2,1-6H3;5-7,10-11H,8-9H2,1-4H3;7-9H,5-6H2,1-4H3;1-3H;3-4H,1-2H3;3H2,1-2H3;5*1H4/b;;14-9+;;;;4-3+;;;;;;/t13-,14-;14-,15-;15-;11-;8-;;;;;;;;/m11111......../s1. The van der Waals surface area contributed by atoms with Gasteiger partial charge >= 0.3 is 41.7 Å². The highest BCUT2D eigenvalue weighted by Gasteiger charge is 2.37. The second kappa shape index (κ2) is 78.0. The number of aromatic nitrogens is 2. The van der Waals surface area contributed by atoms with E-state index in [9.17, 15) is 82.0 Å². The lowest BCUT2D eigenvalue weighted by atomic mass is 9.96. The number of hydrogen-bond acceptors (Lipinski definition) is 31. The number of carboxylic acid groups (broad SMARTS) is 1. The zero-order valence-electron chi connectivity index (χ0n) is 85.1. The van der Waals surface area contributed by atoms with Crippen molar-refractivity contribution in [2.75, 3.05) is 154 Å². The lowest BCUT2D eigenvalue weighted by molar-refractivity contribution is -0.387. The number of carbonyl (C=O) groups excluding carboxylic acids is 4. The van der Waals surface area contributed by atoms with E-state index in [4.69, 9.17) is 28.8 Å². The highest BCUT2D eigenvalue weighted by atomic mass is 79.9. The average molecular weight is 2180 g/mol. The van der Waals surface area contributed by atoms with E-state index in [0.29, 0.717) is 137 Å². The molecule has 0 saturated carbocycles. The van der Waals surface area contributed by atoms with Crippen molar-refractivity contribution in [2.45, 2.75) is 244 Å². The Hall–Kier alpha value is -10.5. The number of rotatable bonds is 45. The zero-order valence-corrected chi connectivity index (χ0v) is 89.1. The molecule has 0 bridgehead atoms. The van der Waals surface area contributed by atoms with Crippen LogP contribution in [0.2, 0.25) is 0 Å². The van der Waals surface area contributed by atoms with Crippen LogP contribution in [0, 0.1) is 75.9 Å². The molecule has 143 heavy (non-hydrogen) atoms. The SMILES string of the molecule is C.C.C.C.C.C/C=C/C(=O)OC.CCOC(C)=O.COC(=O)/C=C(\C)c1ccc(N(CC(C)C)C[C@@H](C)OC)c([N+](=O)[O-])c1.COC(=O)C[C@@H](C)c1ccc(N(CC(C)C)C[C@@H](C)OC)c([N+](=O)[O-])c1.CO[C@H](C)CN(CC(C)C)c1ccc(Br)cc1[N+](=O)[O-].CO[C@H](C)CN(CC(C)C)c1ccc([C@H](C)CC(=O)O)cc1Nc1nc(C(F)(F)F)ns1.CO[C@H](C)CNCC(C)C.O=[N+]([O-])c1cc(Br)ccc1F. The van der Waals surface area contributed by atoms with Crippen molar-refractivity contribution in [3.05, 3.63) is 187 Å². The van der Waals surface area contributed by atoms with E-state index in [1.54, 1.807) is 112 Å². The molecular weight excluding hydrogens is 2020 g/mol. The third-order valence-corrected chi connectivity index (χ3v) is 20.9. The van der Waals surface area contributed by atoms with Gasteiger partial charge in [0.2, 0.25) is 16.8 Å². The van der Waals surface area contributed by atoms with Gasteiger partial charge in [-0.2, -0.15) is 26.9 Å². The van der Waals surface area contributed by atoms with Crippen molar-refractivity contribution >= 4 is 135 Å². The second-order valence-corrected chi connectivity index (χ2v) is 36.6. The predicted octanol–water partition coefficient (Wildman–Crippen LogP) is 24.9. The van der Waals surface area contributed by atoms with Crippen LogP contribution in [0.5, 0.6) is 0 Å². The molecule has 35 nitrogen and oxygen atoms in total. The smallest absolute Gasteiger partial charge is 0.452 e. The molecule has 816 valence electrons. The fourth-order valence-corrected chi connectivity index (χ4v) is 13.6. The summed E-state index contributed by atoms with van der Waals surface area (Å²) in [5, 5.41) is 60.1. The van der Waals surface area contributed by atoms with Gasteiger partial charge in [-0.25, -0.2) is 9.59 Å². The first kappa shape index (κ1) is 146. The number of methoxy groups -OCH3 is 8. The van der Waals surface area contributed by atoms with Gasteiger partial charge in [-0.3, -0.25) is 54.8 Å². The Bertz CT molecular complexity index is 4730. The lowest BCUT2D eigenvalue weighted by Gasteiger charge is -2.31. The topological polar surface area (TPSA) is 424 Å². The molecule has 5 aromatic carbocycles. The number of nitro benzene ring substituents is 4. The van der Waals surface area contributed by atoms with Crippen molar-refractivity contribution in [3.8, 4) is 0 Å². The zero-order chi connectivity index (χ0) is 106. The maximum atomic E-state index is 12.9. The molecule has 0 aliphatic carbocycles. The van der Waals surface area contributed by atoms with Gasteiger partial charge in [0.1, 0.15) is 17.1 Å². The summed E-state index contributed by atoms with van der Waals surface area (Å²) < 4.78 is 100. The van der Waals surface area contributed by atoms with E-state index in [1.165, 1.54) is 52.5 Å². The van der Waals surface area contributed by atoms with Crippen molar-refractivity contribution in [2.24, 2.45) is 29.6 Å². The van der Waals surface area contributed by atoms with Gasteiger partial charge in [0, 0.05) is 158 Å². The monoisotopic (exact) mass is 2180 g/mol. The Morgan fingerprint density at radius 2 is 0.853 bits per heavy atom. The number of benzene rings is 5. The Kier molecular flexibility index (Phi) is 79.3. The van der Waals surface area contributed by atoms with Crippen LogP contribution in [-0.4, -0.2) is 223 Å². The fourth-order valence-electron chi connectivity index (χ4n) is 12.3. The third-order valence-electron chi connectivity index (χ3n) is 19.3. The molecule has 0 aliphatic heterocycles. The van der Waals surface area contributed by atoms with Crippen molar-refractivity contribution in [3.63, 3.8) is 0 Å². The first-order valence-electron chi connectivity index (χ1n) is 44.6. The summed E-state index contributed by atoms with van der Waals surface area (Å²) in [4.78, 5) is 108. The van der Waals surface area contributed by atoms with Crippen LogP contribution < -0.4 is 30.2 Å². The van der Waals surface area contributed by atoms with E-state index >= 15 is 0 Å². The molecule has 42 heteroatoms. The van der Waals surface area contributed by atoms with Crippen LogP contribution in [0.25, 0.3) is 5.57 Å². The number of hydrogen-bond donors (Lipinski definition) is 3. The Morgan fingerprint density at radius 3 is 1.19 bits per heavy atom. The van der Waals surface area contributed by atoms with Gasteiger partial charge in [0.15, 0.2) is 0 Å². The summed E-state index contributed by atoms with van der Waals surface area (Å²) in [6.07, 6.45) is -0.0464. The highest BCUT2D eigenvalue weighted by Crippen LogP contribution is 2.40. The molecule has 0 fully saturated rings. The maximum absolute atomic E-state index is 12.9. The van der Waals surface area contributed by atoms with E-state index < -0.39 is 45.3 Å². The predicted molar refractivity (Wildman–Crippen MR) is 575 cm³/mol. The van der Waals surface area contributed by atoms with Crippen molar-refractivity contribution in [1.29, 1.82) is 0 Å². The molecule has 0 spiro atoms. The molecule has 7 atom stereocenters. The van der Waals surface area contributed by atoms with Crippen LogP contribution in [0.1, 0.15) is 230 Å². The summed E-state index contributed by atoms with van der Waals surface area (Å²) in [5.74, 6) is -2.61. The highest BCUT2D eigenvalue weighted by molar-refractivity contribution is 9.10. The minimum absolute atomic E-state index is 0. The number of carbonyl (C=O) groups is 5. The summed E-state index contributed by atoms with van der Waals surface area (Å²) in [6.45, 7) is 48.7. The Balaban J connectivity index is -0.000000309. The van der Waals surface area contributed by atoms with E-state index in [1.807, 2.05) is 73.6 Å². The molecule has 6 rings (SSSR count). The van der Waals surface area contributed by atoms with Gasteiger partial charge in [-0.05, 0) is 174 Å². The van der Waals surface area contributed by atoms with E-state index in [-0.39, 0.29) is 136 Å². The molecule has 0 radical (unpaired) electrons. The third kappa shape index (κ3) is 61.4. The molecule has 6 aromatic rings. The first-order valence-corrected chi connectivity index (χ1v) is 47.0. The minimum Gasteiger partial charge on any atom is -0.481 e. The summed E-state index contributed by atoms with van der Waals surface area (Å²) >= 11 is 6.89. The Labute approximate surface area is 868 Å². The molecule has 0 amide bonds. The number of nitrogens with one attached hydrogen (secondary N) is 2. The van der Waals surface area contributed by atoms with Crippen LogP contribution in [0.15, 0.2) is 118 Å². The van der Waals surface area contributed by atoms with E-state index in [0.717, 1.165) is 54.5 Å². The quantitative estimate of drug-likeness (QED) is 0.00798. The number of aliphatic carboxylic acids is 1. The minimum atomic E-state index is -4.63. The van der Waals surface area contributed by atoms with Gasteiger partial charge in [0.25, 0.3) is 17.1 Å². The number of anilines is 6. The van der Waals surface area contributed by atoms with Crippen LogP contribution in [0.4, 0.5) is 73.9 Å². The van der Waals surface area contributed by atoms with Gasteiger partial charge in [0.05, 0.1) is 102 Å². The molecule has 3 N–H and O–H groups in total. The first-order chi connectivity index (χ1) is 64.5. The number of ether oxygens (including phenoxy) is 9. The summed E-state index contributed by atoms with van der Waals surface area (Å²) in [5.41, 5.74) is 5.40. The lowest BCUT2D eigenvalue weighted by Crippen LogP contribution is -2.35. The van der Waals surface area contributed by atoms with Crippen molar-refractivity contribution < 1.29 is 109 Å². The molecule has 1 heterocycles. The van der Waals surface area contributed by atoms with Crippen LogP contribution >= 0.6 is 43.4 Å². The molecular formula is C101H166Br2F4N12O23S. The number of nitrogens with zero attached hydrogens (tertiary/aromatic N) is 10. The van der Waals surface area contributed by atoms with Crippen molar-refractivity contribution in [1.82, 2.24) is 14.7 Å². The normalized spacial score (nSPS) is 12.1. The maximum Gasteiger partial charge on any atom is 0.452 e. The number of nitro groups is 4. The van der Waals surface area contributed by atoms with Gasteiger partial charge < -0.3 is 78.0 Å². The summed E-state index contributed by atoms with van der Waals surface area (Å²) in [7, 11) is 12.2. The second-order valence-electron chi connectivity index (χ2n) is 34.0. The number of carboxylic acids is 1. The number of esters is 4. The van der Waals surface area contributed by atoms with Crippen LogP contribution in [-0.2, 0) is 72.8 Å². The summed E-state index contributed by atoms with van der Waals surface area (Å²) in [6, 6.07) is 24.4. The molecule has 0 unspecified atom stereocenters. The fraction of sp³-hybridized carbons (Fsp3) is 0.594. The number of allylic oxidation sites excluding steroid dienone is 2. The van der Waals surface area contributed by atoms with Gasteiger partial charge in [-0.15, -0.1) is 0 Å².